The Morgan fingerprint density at radius 2 is 2.14 bits per heavy atom. The summed E-state index contributed by atoms with van der Waals surface area (Å²) < 4.78 is 2.95. The van der Waals surface area contributed by atoms with Crippen LogP contribution >= 0.6 is 28.3 Å². The fourth-order valence-corrected chi connectivity index (χ4v) is 2.19. The SMILES string of the molecule is Br.C#CCn1c(=N)sc2ccccc21. The predicted molar refractivity (Wildman–Crippen MR) is 64.8 cm³/mol. The van der Waals surface area contributed by atoms with Crippen molar-refractivity contribution in [2.75, 3.05) is 0 Å². The van der Waals surface area contributed by atoms with Crippen LogP contribution in [0.5, 0.6) is 0 Å². The van der Waals surface area contributed by atoms with Crippen LogP contribution in [-0.4, -0.2) is 4.57 Å². The summed E-state index contributed by atoms with van der Waals surface area (Å²) in [7, 11) is 0. The molecule has 72 valence electrons. The van der Waals surface area contributed by atoms with E-state index in [1.54, 1.807) is 0 Å². The zero-order valence-electron chi connectivity index (χ0n) is 7.36. The molecule has 0 bridgehead atoms. The number of nitrogens with zero attached hydrogens (tertiary/aromatic N) is 1. The minimum Gasteiger partial charge on any atom is -0.305 e. The molecule has 0 saturated carbocycles. The second kappa shape index (κ2) is 4.45. The van der Waals surface area contributed by atoms with Gasteiger partial charge in [-0.2, -0.15) is 0 Å². The van der Waals surface area contributed by atoms with Crippen molar-refractivity contribution in [3.05, 3.63) is 29.1 Å². The maximum atomic E-state index is 7.69. The standard InChI is InChI=1S/C10H8N2S.BrH/c1-2-7-12-8-5-3-4-6-9(8)13-10(12)11;/h1,3-6,11H,7H2;1H. The summed E-state index contributed by atoms with van der Waals surface area (Å²) in [5.41, 5.74) is 1.05. The van der Waals surface area contributed by atoms with E-state index in [-0.39, 0.29) is 17.0 Å². The number of rotatable bonds is 1. The van der Waals surface area contributed by atoms with Crippen molar-refractivity contribution in [2.45, 2.75) is 6.54 Å². The third-order valence-electron chi connectivity index (χ3n) is 1.86. The van der Waals surface area contributed by atoms with Crippen LogP contribution in [0.3, 0.4) is 0 Å². The van der Waals surface area contributed by atoms with Crippen LogP contribution in [0.25, 0.3) is 10.2 Å². The second-order valence-corrected chi connectivity index (χ2v) is 3.70. The summed E-state index contributed by atoms with van der Waals surface area (Å²) in [5.74, 6) is 2.55. The molecule has 4 heteroatoms. The summed E-state index contributed by atoms with van der Waals surface area (Å²) in [5, 5.41) is 7.69. The predicted octanol–water partition coefficient (Wildman–Crippen LogP) is 2.39. The monoisotopic (exact) mass is 268 g/mol. The van der Waals surface area contributed by atoms with Gasteiger partial charge < -0.3 is 4.57 Å². The van der Waals surface area contributed by atoms with Gasteiger partial charge >= 0.3 is 0 Å². The highest BCUT2D eigenvalue weighted by Crippen LogP contribution is 2.15. The summed E-state index contributed by atoms with van der Waals surface area (Å²) in [6, 6.07) is 7.92. The van der Waals surface area contributed by atoms with Gasteiger partial charge in [0.1, 0.15) is 0 Å². The Labute approximate surface area is 96.5 Å². The number of hydrogen-bond acceptors (Lipinski definition) is 2. The number of hydrogen-bond donors (Lipinski definition) is 1. The minimum absolute atomic E-state index is 0. The van der Waals surface area contributed by atoms with Crippen molar-refractivity contribution in [1.82, 2.24) is 4.57 Å². The molecular formula is C10H9BrN2S. The van der Waals surface area contributed by atoms with E-state index in [0.29, 0.717) is 11.3 Å². The Bertz CT molecular complexity index is 533. The van der Waals surface area contributed by atoms with Crippen LogP contribution in [0.1, 0.15) is 0 Å². The molecule has 1 aromatic heterocycles. The van der Waals surface area contributed by atoms with Gasteiger partial charge in [-0.3, -0.25) is 5.41 Å². The van der Waals surface area contributed by atoms with Gasteiger partial charge in [0.2, 0.25) is 0 Å². The zero-order chi connectivity index (χ0) is 9.26. The lowest BCUT2D eigenvalue weighted by Crippen LogP contribution is -2.11. The zero-order valence-corrected chi connectivity index (χ0v) is 9.89. The van der Waals surface area contributed by atoms with Gasteiger partial charge in [-0.25, -0.2) is 0 Å². The van der Waals surface area contributed by atoms with E-state index >= 15 is 0 Å². The van der Waals surface area contributed by atoms with Gasteiger partial charge in [0.05, 0.1) is 16.8 Å². The number of terminal acetylenes is 1. The highest BCUT2D eigenvalue weighted by molar-refractivity contribution is 8.93. The molecule has 0 radical (unpaired) electrons. The quantitative estimate of drug-likeness (QED) is 0.770. The largest absolute Gasteiger partial charge is 0.305 e. The Hall–Kier alpha value is -1.05. The molecule has 0 fully saturated rings. The van der Waals surface area contributed by atoms with Crippen molar-refractivity contribution < 1.29 is 0 Å². The first-order valence-electron chi connectivity index (χ1n) is 3.89. The number of nitrogens with one attached hydrogen (secondary N) is 1. The van der Waals surface area contributed by atoms with E-state index in [1.807, 2.05) is 28.8 Å². The summed E-state index contributed by atoms with van der Waals surface area (Å²) in [6.45, 7) is 0.475. The number of benzene rings is 1. The van der Waals surface area contributed by atoms with Crippen molar-refractivity contribution in [2.24, 2.45) is 0 Å². The molecule has 2 rings (SSSR count). The Morgan fingerprint density at radius 1 is 1.43 bits per heavy atom. The molecule has 0 amide bonds. The molecule has 0 aliphatic carbocycles. The molecule has 0 aliphatic rings. The molecule has 1 aromatic carbocycles. The maximum absolute atomic E-state index is 7.69. The number of aromatic nitrogens is 1. The number of thiazole rings is 1. The average molecular weight is 269 g/mol. The van der Waals surface area contributed by atoms with Gasteiger partial charge in [0, 0.05) is 0 Å². The van der Waals surface area contributed by atoms with Crippen molar-refractivity contribution in [1.29, 1.82) is 5.41 Å². The lowest BCUT2D eigenvalue weighted by atomic mass is 10.3. The lowest BCUT2D eigenvalue weighted by Gasteiger charge is -1.96. The van der Waals surface area contributed by atoms with Crippen LogP contribution in [0, 0.1) is 17.8 Å². The fraction of sp³-hybridized carbons (Fsp3) is 0.100. The second-order valence-electron chi connectivity index (χ2n) is 2.67. The first kappa shape index (κ1) is 11.0. The van der Waals surface area contributed by atoms with E-state index in [9.17, 15) is 0 Å². The van der Waals surface area contributed by atoms with Gasteiger partial charge in [-0.15, -0.1) is 23.4 Å². The van der Waals surface area contributed by atoms with E-state index in [0.717, 1.165) is 10.2 Å². The third-order valence-corrected chi connectivity index (χ3v) is 2.84. The smallest absolute Gasteiger partial charge is 0.183 e. The van der Waals surface area contributed by atoms with Gasteiger partial charge in [0.25, 0.3) is 0 Å². The van der Waals surface area contributed by atoms with E-state index in [2.05, 4.69) is 5.92 Å². The molecule has 1 N–H and O–H groups in total. The molecule has 2 nitrogen and oxygen atoms in total. The molecular weight excluding hydrogens is 260 g/mol. The molecule has 2 aromatic rings. The summed E-state index contributed by atoms with van der Waals surface area (Å²) in [4.78, 5) is 0.513. The third kappa shape index (κ3) is 1.74. The molecule has 0 spiro atoms. The van der Waals surface area contributed by atoms with Crippen molar-refractivity contribution in [3.63, 3.8) is 0 Å². The van der Waals surface area contributed by atoms with Crippen LogP contribution < -0.4 is 4.80 Å². The van der Waals surface area contributed by atoms with Crippen molar-refractivity contribution in [3.8, 4) is 12.3 Å². The number of para-hydroxylation sites is 1. The molecule has 0 unspecified atom stereocenters. The number of fused-ring (bicyclic) bond motifs is 1. The Kier molecular flexibility index (Phi) is 3.50. The van der Waals surface area contributed by atoms with Gasteiger partial charge in [-0.1, -0.05) is 29.4 Å². The Morgan fingerprint density at radius 3 is 2.86 bits per heavy atom. The molecule has 0 atom stereocenters. The van der Waals surface area contributed by atoms with Crippen LogP contribution in [0.15, 0.2) is 24.3 Å². The number of halogens is 1. The van der Waals surface area contributed by atoms with Crippen LogP contribution in [0.2, 0.25) is 0 Å². The Balaban J connectivity index is 0.000000980. The van der Waals surface area contributed by atoms with Crippen molar-refractivity contribution >= 4 is 38.5 Å². The highest BCUT2D eigenvalue weighted by atomic mass is 79.9. The van der Waals surface area contributed by atoms with Crippen LogP contribution in [-0.2, 0) is 6.54 Å². The van der Waals surface area contributed by atoms with Gasteiger partial charge in [-0.05, 0) is 12.1 Å². The molecule has 0 aliphatic heterocycles. The van der Waals surface area contributed by atoms with E-state index in [1.165, 1.54) is 11.3 Å². The van der Waals surface area contributed by atoms with Crippen LogP contribution in [0.4, 0.5) is 0 Å². The maximum Gasteiger partial charge on any atom is 0.183 e. The van der Waals surface area contributed by atoms with Gasteiger partial charge in [0.15, 0.2) is 4.80 Å². The molecule has 14 heavy (non-hydrogen) atoms. The first-order valence-corrected chi connectivity index (χ1v) is 4.71. The topological polar surface area (TPSA) is 28.8 Å². The normalized spacial score (nSPS) is 9.36. The highest BCUT2D eigenvalue weighted by Gasteiger charge is 2.01. The fourth-order valence-electron chi connectivity index (χ4n) is 1.28. The lowest BCUT2D eigenvalue weighted by molar-refractivity contribution is 0.828. The van der Waals surface area contributed by atoms with E-state index in [4.69, 9.17) is 11.8 Å². The first-order chi connectivity index (χ1) is 6.33. The summed E-state index contributed by atoms with van der Waals surface area (Å²) >= 11 is 1.45. The minimum atomic E-state index is 0. The summed E-state index contributed by atoms with van der Waals surface area (Å²) in [6.07, 6.45) is 5.23. The average Bonchev–Trinajstić information content (AvgIpc) is 2.44. The molecule has 1 heterocycles. The van der Waals surface area contributed by atoms with E-state index < -0.39 is 0 Å². The molecule has 0 saturated heterocycles.